The summed E-state index contributed by atoms with van der Waals surface area (Å²) in [6, 6.07) is 4.08. The zero-order valence-electron chi connectivity index (χ0n) is 15.5. The summed E-state index contributed by atoms with van der Waals surface area (Å²) in [4.78, 5) is 35.6. The molecule has 28 heavy (non-hydrogen) atoms. The fourth-order valence-electron chi connectivity index (χ4n) is 2.57. The lowest BCUT2D eigenvalue weighted by Gasteiger charge is -2.11. The highest BCUT2D eigenvalue weighted by atomic mass is 32.2. The average Bonchev–Trinajstić information content (AvgIpc) is 3.01. The van der Waals surface area contributed by atoms with Gasteiger partial charge in [-0.1, -0.05) is 0 Å². The predicted octanol–water partition coefficient (Wildman–Crippen LogP) is -0.720. The summed E-state index contributed by atoms with van der Waals surface area (Å²) in [5.41, 5.74) is 0.226. The van der Waals surface area contributed by atoms with Crippen LogP contribution in [-0.2, 0) is 24.2 Å². The van der Waals surface area contributed by atoms with Crippen LogP contribution in [0.1, 0.15) is 16.8 Å². The number of hydrogen-bond donors (Lipinski definition) is 2. The third-order valence-corrected chi connectivity index (χ3v) is 5.74. The molecular weight excluding hydrogens is 392 g/mol. The van der Waals surface area contributed by atoms with E-state index in [9.17, 15) is 22.8 Å². The van der Waals surface area contributed by atoms with Crippen molar-refractivity contribution in [3.05, 3.63) is 23.8 Å². The molecule has 0 aliphatic carbocycles. The molecule has 2 amide bonds. The van der Waals surface area contributed by atoms with Gasteiger partial charge in [-0.3, -0.25) is 14.4 Å². The van der Waals surface area contributed by atoms with Crippen molar-refractivity contribution in [1.29, 1.82) is 0 Å². The highest BCUT2D eigenvalue weighted by Gasteiger charge is 2.29. The van der Waals surface area contributed by atoms with E-state index < -0.39 is 46.8 Å². The molecule has 1 aromatic rings. The van der Waals surface area contributed by atoms with E-state index in [4.69, 9.17) is 14.2 Å². The van der Waals surface area contributed by atoms with E-state index in [1.54, 1.807) is 6.07 Å². The van der Waals surface area contributed by atoms with E-state index >= 15 is 0 Å². The first-order valence-corrected chi connectivity index (χ1v) is 10.2. The van der Waals surface area contributed by atoms with Gasteiger partial charge in [0.05, 0.1) is 25.7 Å². The third kappa shape index (κ3) is 6.41. The van der Waals surface area contributed by atoms with Gasteiger partial charge in [0.15, 0.2) is 16.4 Å². The molecule has 1 aliphatic rings. The summed E-state index contributed by atoms with van der Waals surface area (Å²) < 4.78 is 37.6. The fraction of sp³-hybridized carbons (Fsp3) is 0.471. The van der Waals surface area contributed by atoms with Gasteiger partial charge in [-0.2, -0.15) is 0 Å². The lowest BCUT2D eigenvalue weighted by atomic mass is 10.2. The Labute approximate surface area is 162 Å². The smallest absolute Gasteiger partial charge is 0.325 e. The topological polar surface area (TPSA) is 137 Å². The number of amides is 2. The van der Waals surface area contributed by atoms with Gasteiger partial charge in [-0.15, -0.1) is 0 Å². The molecule has 154 valence electrons. The molecule has 0 aromatic heterocycles. The number of carbonyl (C=O) groups excluding carboxylic acids is 3. The number of ether oxygens (including phenoxy) is 3. The Morgan fingerprint density at radius 2 is 1.75 bits per heavy atom. The van der Waals surface area contributed by atoms with Crippen LogP contribution in [0.4, 0.5) is 0 Å². The van der Waals surface area contributed by atoms with Crippen LogP contribution in [0.15, 0.2) is 18.2 Å². The number of hydrogen-bond acceptors (Lipinski definition) is 8. The lowest BCUT2D eigenvalue weighted by Crippen LogP contribution is -2.39. The van der Waals surface area contributed by atoms with Crippen LogP contribution in [0.3, 0.4) is 0 Å². The highest BCUT2D eigenvalue weighted by Crippen LogP contribution is 2.22. The van der Waals surface area contributed by atoms with Crippen molar-refractivity contribution in [2.45, 2.75) is 12.5 Å². The molecule has 1 saturated heterocycles. The number of sulfone groups is 1. The SMILES string of the molecule is COc1cc(OC)cc(C(=O)NCC(=O)OCC(=O)N[C@@H]2CCS(=O)(=O)C2)c1. The number of methoxy groups -OCH3 is 2. The van der Waals surface area contributed by atoms with E-state index in [-0.39, 0.29) is 17.1 Å². The minimum absolute atomic E-state index is 0.0266. The molecule has 0 bridgehead atoms. The Hall–Kier alpha value is -2.82. The van der Waals surface area contributed by atoms with Crippen molar-refractivity contribution in [2.24, 2.45) is 0 Å². The molecule has 0 saturated carbocycles. The van der Waals surface area contributed by atoms with Crippen LogP contribution < -0.4 is 20.1 Å². The average molecular weight is 414 g/mol. The van der Waals surface area contributed by atoms with Crippen LogP contribution in [0.25, 0.3) is 0 Å². The lowest BCUT2D eigenvalue weighted by molar-refractivity contribution is -0.147. The minimum Gasteiger partial charge on any atom is -0.497 e. The molecule has 1 heterocycles. The zero-order valence-corrected chi connectivity index (χ0v) is 16.3. The second-order valence-corrected chi connectivity index (χ2v) is 8.34. The first kappa shape index (κ1) is 21.5. The van der Waals surface area contributed by atoms with Gasteiger partial charge in [0.1, 0.15) is 18.0 Å². The number of benzene rings is 1. The van der Waals surface area contributed by atoms with Crippen molar-refractivity contribution in [2.75, 3.05) is 38.9 Å². The van der Waals surface area contributed by atoms with Gasteiger partial charge < -0.3 is 24.8 Å². The highest BCUT2D eigenvalue weighted by molar-refractivity contribution is 7.91. The van der Waals surface area contributed by atoms with E-state index in [1.807, 2.05) is 0 Å². The number of nitrogens with one attached hydrogen (secondary N) is 2. The van der Waals surface area contributed by atoms with Gasteiger partial charge in [-0.25, -0.2) is 8.42 Å². The molecule has 0 radical (unpaired) electrons. The Morgan fingerprint density at radius 3 is 2.29 bits per heavy atom. The van der Waals surface area contributed by atoms with Crippen LogP contribution >= 0.6 is 0 Å². The maximum absolute atomic E-state index is 12.1. The standard InChI is InChI=1S/C17H22N2O8S/c1-25-13-5-11(6-14(7-13)26-2)17(22)18-8-16(21)27-9-15(20)19-12-3-4-28(23,24)10-12/h5-7,12H,3-4,8-10H2,1-2H3,(H,18,22)(H,19,20)/t12-/m1/s1. The minimum atomic E-state index is -3.11. The van der Waals surface area contributed by atoms with Gasteiger partial charge >= 0.3 is 5.97 Å². The van der Waals surface area contributed by atoms with Gasteiger partial charge in [0, 0.05) is 17.7 Å². The summed E-state index contributed by atoms with van der Waals surface area (Å²) in [7, 11) is -0.226. The van der Waals surface area contributed by atoms with Crippen molar-refractivity contribution in [3.63, 3.8) is 0 Å². The number of carbonyl (C=O) groups is 3. The Bertz CT molecular complexity index is 830. The largest absolute Gasteiger partial charge is 0.497 e. The normalized spacial score (nSPS) is 17.4. The predicted molar refractivity (Wildman–Crippen MR) is 98.0 cm³/mol. The number of esters is 1. The molecule has 2 N–H and O–H groups in total. The van der Waals surface area contributed by atoms with Crippen LogP contribution in [-0.4, -0.2) is 71.1 Å². The van der Waals surface area contributed by atoms with Gasteiger partial charge in [-0.05, 0) is 18.6 Å². The second kappa shape index (κ2) is 9.40. The van der Waals surface area contributed by atoms with Crippen molar-refractivity contribution >= 4 is 27.6 Å². The Morgan fingerprint density at radius 1 is 1.11 bits per heavy atom. The summed E-state index contributed by atoms with van der Waals surface area (Å²) >= 11 is 0. The van der Waals surface area contributed by atoms with E-state index in [2.05, 4.69) is 10.6 Å². The molecule has 1 atom stereocenters. The van der Waals surface area contributed by atoms with Gasteiger partial charge in [0.2, 0.25) is 0 Å². The quantitative estimate of drug-likeness (QED) is 0.532. The third-order valence-electron chi connectivity index (χ3n) is 3.97. The summed E-state index contributed by atoms with van der Waals surface area (Å²) in [5.74, 6) is -1.22. The number of rotatable bonds is 8. The Kier molecular flexibility index (Phi) is 7.21. The summed E-state index contributed by atoms with van der Waals surface area (Å²) in [5, 5.41) is 4.87. The monoisotopic (exact) mass is 414 g/mol. The Balaban J connectivity index is 1.76. The molecule has 1 fully saturated rings. The first-order chi connectivity index (χ1) is 13.2. The zero-order chi connectivity index (χ0) is 20.7. The molecule has 0 unspecified atom stereocenters. The summed E-state index contributed by atoms with van der Waals surface area (Å²) in [6.07, 6.45) is 0.335. The molecule has 2 rings (SSSR count). The van der Waals surface area contributed by atoms with Crippen LogP contribution in [0, 0.1) is 0 Å². The molecule has 1 aromatic carbocycles. The first-order valence-electron chi connectivity index (χ1n) is 8.39. The maximum atomic E-state index is 12.1. The van der Waals surface area contributed by atoms with E-state index in [1.165, 1.54) is 26.4 Å². The molecule has 10 nitrogen and oxygen atoms in total. The van der Waals surface area contributed by atoms with Crippen molar-refractivity contribution in [3.8, 4) is 11.5 Å². The van der Waals surface area contributed by atoms with Gasteiger partial charge in [0.25, 0.3) is 11.8 Å². The maximum Gasteiger partial charge on any atom is 0.325 e. The van der Waals surface area contributed by atoms with E-state index in [0.717, 1.165) is 0 Å². The molecule has 0 spiro atoms. The molecule has 11 heteroatoms. The van der Waals surface area contributed by atoms with E-state index in [0.29, 0.717) is 17.9 Å². The van der Waals surface area contributed by atoms with Crippen LogP contribution in [0.2, 0.25) is 0 Å². The second-order valence-electron chi connectivity index (χ2n) is 6.11. The molecular formula is C17H22N2O8S. The van der Waals surface area contributed by atoms with Crippen LogP contribution in [0.5, 0.6) is 11.5 Å². The summed E-state index contributed by atoms with van der Waals surface area (Å²) in [6.45, 7) is -0.998. The fourth-order valence-corrected chi connectivity index (χ4v) is 4.24. The molecule has 1 aliphatic heterocycles. The van der Waals surface area contributed by atoms with Crippen molar-refractivity contribution in [1.82, 2.24) is 10.6 Å². The van der Waals surface area contributed by atoms with Crippen molar-refractivity contribution < 1.29 is 37.0 Å².